The minimum atomic E-state index is -1.06. The van der Waals surface area contributed by atoms with Crippen LogP contribution in [0.5, 0.6) is 0 Å². The number of carboxylic acids is 1. The number of amides is 1. The van der Waals surface area contributed by atoms with Crippen molar-refractivity contribution >= 4 is 29.2 Å². The van der Waals surface area contributed by atoms with Gasteiger partial charge in [0.2, 0.25) is 5.91 Å². The van der Waals surface area contributed by atoms with Crippen molar-refractivity contribution in [1.29, 1.82) is 0 Å². The summed E-state index contributed by atoms with van der Waals surface area (Å²) in [6.45, 7) is 0. The highest BCUT2D eigenvalue weighted by Crippen LogP contribution is 2.69. The highest BCUT2D eigenvalue weighted by molar-refractivity contribution is 6.31. The fourth-order valence-corrected chi connectivity index (χ4v) is 4.87. The average molecular weight is 306 g/mol. The summed E-state index contributed by atoms with van der Waals surface area (Å²) < 4.78 is 0. The van der Waals surface area contributed by atoms with Gasteiger partial charge in [0.1, 0.15) is 0 Å². The lowest BCUT2D eigenvalue weighted by Crippen LogP contribution is -2.20. The second-order valence-electron chi connectivity index (χ2n) is 6.50. The third kappa shape index (κ3) is 1.96. The molecule has 0 saturated heterocycles. The van der Waals surface area contributed by atoms with Gasteiger partial charge in [-0.3, -0.25) is 4.79 Å². The first-order valence-corrected chi connectivity index (χ1v) is 7.78. The van der Waals surface area contributed by atoms with Crippen molar-refractivity contribution in [2.45, 2.75) is 19.3 Å². The van der Waals surface area contributed by atoms with Crippen LogP contribution in [-0.2, 0) is 4.79 Å². The van der Waals surface area contributed by atoms with Crippen molar-refractivity contribution in [3.63, 3.8) is 0 Å². The van der Waals surface area contributed by atoms with E-state index >= 15 is 0 Å². The first-order chi connectivity index (χ1) is 10.1. The van der Waals surface area contributed by atoms with Crippen LogP contribution in [0.4, 0.5) is 5.69 Å². The molecule has 0 radical (unpaired) electrons. The van der Waals surface area contributed by atoms with Crippen LogP contribution < -0.4 is 5.32 Å². The van der Waals surface area contributed by atoms with Crippen LogP contribution in [-0.4, -0.2) is 17.0 Å². The molecular formula is C16H16ClNO3. The van der Waals surface area contributed by atoms with E-state index in [1.54, 1.807) is 0 Å². The third-order valence-electron chi connectivity index (χ3n) is 5.51. The molecule has 0 aromatic heterocycles. The fourth-order valence-electron chi connectivity index (χ4n) is 4.70. The average Bonchev–Trinajstić information content (AvgIpc) is 2.88. The lowest BCUT2D eigenvalue weighted by atomic mass is 10.0. The van der Waals surface area contributed by atoms with E-state index in [1.807, 2.05) is 0 Å². The van der Waals surface area contributed by atoms with Gasteiger partial charge in [0.25, 0.3) is 0 Å². The number of carbonyl (C=O) groups is 2. The molecule has 4 rings (SSSR count). The molecule has 5 heteroatoms. The molecule has 3 fully saturated rings. The summed E-state index contributed by atoms with van der Waals surface area (Å²) in [7, 11) is 0. The molecule has 0 heterocycles. The van der Waals surface area contributed by atoms with Crippen molar-refractivity contribution in [3.8, 4) is 0 Å². The number of benzene rings is 1. The zero-order valence-electron chi connectivity index (χ0n) is 11.4. The number of rotatable bonds is 3. The molecule has 3 aliphatic rings. The van der Waals surface area contributed by atoms with Gasteiger partial charge in [-0.1, -0.05) is 11.6 Å². The molecule has 1 amide bonds. The third-order valence-corrected chi connectivity index (χ3v) is 5.74. The molecule has 4 atom stereocenters. The molecule has 4 unspecified atom stereocenters. The van der Waals surface area contributed by atoms with E-state index in [1.165, 1.54) is 37.5 Å². The number of halogens is 1. The number of carbonyl (C=O) groups excluding carboxylic acids is 1. The maximum Gasteiger partial charge on any atom is 0.337 e. The maximum atomic E-state index is 12.4. The zero-order chi connectivity index (χ0) is 14.7. The number of carboxylic acid groups (broad SMARTS) is 1. The molecule has 0 spiro atoms. The smallest absolute Gasteiger partial charge is 0.337 e. The van der Waals surface area contributed by atoms with Gasteiger partial charge in [-0.25, -0.2) is 4.79 Å². The van der Waals surface area contributed by atoms with Crippen LogP contribution in [0.2, 0.25) is 5.02 Å². The first kappa shape index (κ1) is 13.1. The van der Waals surface area contributed by atoms with E-state index in [4.69, 9.17) is 11.6 Å². The molecule has 4 nitrogen and oxygen atoms in total. The first-order valence-electron chi connectivity index (χ1n) is 7.40. The van der Waals surface area contributed by atoms with Crippen LogP contribution in [0.15, 0.2) is 18.2 Å². The van der Waals surface area contributed by atoms with Gasteiger partial charge in [-0.2, -0.15) is 0 Å². The van der Waals surface area contributed by atoms with Gasteiger partial charge in [-0.15, -0.1) is 0 Å². The summed E-state index contributed by atoms with van der Waals surface area (Å²) >= 11 is 5.91. The summed E-state index contributed by atoms with van der Waals surface area (Å²) in [5, 5.41) is 12.4. The Hall–Kier alpha value is -1.55. The van der Waals surface area contributed by atoms with E-state index in [0.29, 0.717) is 34.4 Å². The SMILES string of the molecule is O=C(O)c1ccc(Cl)cc1NC(=O)C1C2C3CCC(C3)C12. The van der Waals surface area contributed by atoms with Gasteiger partial charge in [0.05, 0.1) is 11.3 Å². The Morgan fingerprint density at radius 3 is 2.48 bits per heavy atom. The highest BCUT2D eigenvalue weighted by atomic mass is 35.5. The Morgan fingerprint density at radius 2 is 1.86 bits per heavy atom. The zero-order valence-corrected chi connectivity index (χ0v) is 12.1. The number of hydrogen-bond acceptors (Lipinski definition) is 2. The van der Waals surface area contributed by atoms with Crippen LogP contribution in [0.1, 0.15) is 29.6 Å². The monoisotopic (exact) mass is 305 g/mol. The Bertz CT molecular complexity index is 628. The summed E-state index contributed by atoms with van der Waals surface area (Å²) in [6.07, 6.45) is 3.80. The van der Waals surface area contributed by atoms with Crippen LogP contribution in [0.25, 0.3) is 0 Å². The molecule has 2 N–H and O–H groups in total. The molecule has 3 aliphatic carbocycles. The van der Waals surface area contributed by atoms with Crippen LogP contribution >= 0.6 is 11.6 Å². The van der Waals surface area contributed by atoms with Gasteiger partial charge >= 0.3 is 5.97 Å². The van der Waals surface area contributed by atoms with Crippen molar-refractivity contribution in [1.82, 2.24) is 0 Å². The Labute approximate surface area is 127 Å². The van der Waals surface area contributed by atoms with E-state index in [0.717, 1.165) is 0 Å². The van der Waals surface area contributed by atoms with E-state index in [-0.39, 0.29) is 17.4 Å². The largest absolute Gasteiger partial charge is 0.478 e. The molecule has 2 bridgehead atoms. The Morgan fingerprint density at radius 1 is 1.19 bits per heavy atom. The fraction of sp³-hybridized carbons (Fsp3) is 0.500. The standard InChI is InChI=1S/C16H16ClNO3/c17-9-3-4-10(16(20)21)11(6-9)18-15(19)14-12-7-1-2-8(5-7)13(12)14/h3-4,6-8,12-14H,1-2,5H2,(H,18,19)(H,20,21). The maximum absolute atomic E-state index is 12.4. The summed E-state index contributed by atoms with van der Waals surface area (Å²) in [5.74, 6) is 1.50. The second kappa shape index (κ2) is 4.47. The minimum absolute atomic E-state index is 0.0358. The Balaban J connectivity index is 1.53. The van der Waals surface area contributed by atoms with Gasteiger partial charge in [0.15, 0.2) is 0 Å². The molecule has 1 aromatic rings. The minimum Gasteiger partial charge on any atom is -0.478 e. The topological polar surface area (TPSA) is 66.4 Å². The summed E-state index contributed by atoms with van der Waals surface area (Å²) in [5.41, 5.74) is 0.388. The summed E-state index contributed by atoms with van der Waals surface area (Å²) in [6, 6.07) is 4.46. The van der Waals surface area contributed by atoms with Gasteiger partial charge in [0, 0.05) is 10.9 Å². The highest BCUT2D eigenvalue weighted by Gasteiger charge is 2.67. The van der Waals surface area contributed by atoms with Crippen molar-refractivity contribution in [2.24, 2.45) is 29.6 Å². The summed E-state index contributed by atoms with van der Waals surface area (Å²) in [4.78, 5) is 23.7. The van der Waals surface area contributed by atoms with E-state index in [9.17, 15) is 14.7 Å². The second-order valence-corrected chi connectivity index (χ2v) is 6.93. The molecule has 1 aromatic carbocycles. The Kier molecular flexibility index (Phi) is 2.80. The molecule has 110 valence electrons. The van der Waals surface area contributed by atoms with Gasteiger partial charge in [-0.05, 0) is 61.1 Å². The predicted octanol–water partition coefficient (Wildman–Crippen LogP) is 3.27. The predicted molar refractivity (Wildman–Crippen MR) is 78.3 cm³/mol. The van der Waals surface area contributed by atoms with Gasteiger partial charge < -0.3 is 10.4 Å². The number of fused-ring (bicyclic) bond motifs is 5. The lowest BCUT2D eigenvalue weighted by molar-refractivity contribution is -0.118. The number of nitrogens with one attached hydrogen (secondary N) is 1. The molecule has 0 aliphatic heterocycles. The van der Waals surface area contributed by atoms with Crippen molar-refractivity contribution in [3.05, 3.63) is 28.8 Å². The van der Waals surface area contributed by atoms with E-state index in [2.05, 4.69) is 5.32 Å². The number of hydrogen-bond donors (Lipinski definition) is 2. The number of aromatic carboxylic acids is 1. The van der Waals surface area contributed by atoms with Crippen molar-refractivity contribution in [2.75, 3.05) is 5.32 Å². The quantitative estimate of drug-likeness (QED) is 0.900. The van der Waals surface area contributed by atoms with Crippen molar-refractivity contribution < 1.29 is 14.7 Å². The lowest BCUT2D eigenvalue weighted by Gasteiger charge is -2.11. The molecule has 21 heavy (non-hydrogen) atoms. The molecule has 3 saturated carbocycles. The normalized spacial score (nSPS) is 35.4. The van der Waals surface area contributed by atoms with Crippen LogP contribution in [0.3, 0.4) is 0 Å². The number of anilines is 1. The van der Waals surface area contributed by atoms with Crippen LogP contribution in [0, 0.1) is 29.6 Å². The molecular weight excluding hydrogens is 290 g/mol. The van der Waals surface area contributed by atoms with E-state index < -0.39 is 5.97 Å².